The molecule has 0 aromatic carbocycles. The molecule has 19 heavy (non-hydrogen) atoms. The highest BCUT2D eigenvalue weighted by atomic mass is 32.1. The van der Waals surface area contributed by atoms with Crippen LogP contribution in [0.2, 0.25) is 0 Å². The zero-order valence-corrected chi connectivity index (χ0v) is 12.0. The second kappa shape index (κ2) is 5.66. The van der Waals surface area contributed by atoms with E-state index < -0.39 is 5.91 Å². The molecule has 0 bridgehead atoms. The normalized spacial score (nSPS) is 15.8. The van der Waals surface area contributed by atoms with Crippen molar-refractivity contribution in [2.24, 2.45) is 5.73 Å². The van der Waals surface area contributed by atoms with Gasteiger partial charge in [0.15, 0.2) is 5.75 Å². The number of nitrogens with two attached hydrogens (primary N) is 2. The first-order valence-electron chi connectivity index (χ1n) is 6.22. The van der Waals surface area contributed by atoms with Crippen LogP contribution in [0, 0.1) is 0 Å². The molecule has 0 aliphatic carbocycles. The van der Waals surface area contributed by atoms with Gasteiger partial charge < -0.3 is 25.8 Å². The van der Waals surface area contributed by atoms with Crippen molar-refractivity contribution in [3.05, 3.63) is 4.88 Å². The first-order valence-corrected chi connectivity index (χ1v) is 7.03. The fraction of sp³-hybridized carbons (Fsp3) is 0.583. The Bertz CT molecular complexity index is 467. The number of ether oxygens (including phenoxy) is 2. The molecule has 1 aliphatic rings. The topological polar surface area (TPSA) is 90.8 Å². The van der Waals surface area contributed by atoms with Crippen molar-refractivity contribution in [3.8, 4) is 5.75 Å². The number of hydrogen-bond donors (Lipinski definition) is 2. The smallest absolute Gasteiger partial charge is 0.261 e. The van der Waals surface area contributed by atoms with Gasteiger partial charge in [-0.3, -0.25) is 4.79 Å². The molecule has 1 aromatic rings. The van der Waals surface area contributed by atoms with Gasteiger partial charge in [-0.05, 0) is 13.8 Å². The van der Waals surface area contributed by atoms with Crippen molar-refractivity contribution in [1.82, 2.24) is 0 Å². The minimum atomic E-state index is -0.518. The molecular formula is C12H19N3O3S. The highest BCUT2D eigenvalue weighted by Crippen LogP contribution is 2.45. The largest absolute Gasteiger partial charge is 0.486 e. The van der Waals surface area contributed by atoms with E-state index in [4.69, 9.17) is 20.9 Å². The number of nitrogen functional groups attached to an aromatic ring is 1. The van der Waals surface area contributed by atoms with E-state index in [1.165, 1.54) is 11.3 Å². The third kappa shape index (κ3) is 2.93. The zero-order chi connectivity index (χ0) is 14.0. The highest BCUT2D eigenvalue weighted by molar-refractivity contribution is 7.19. The minimum absolute atomic E-state index is 0.0163. The maximum Gasteiger partial charge on any atom is 0.261 e. The van der Waals surface area contributed by atoms with Gasteiger partial charge in [-0.1, -0.05) is 0 Å². The van der Waals surface area contributed by atoms with E-state index in [0.29, 0.717) is 29.5 Å². The van der Waals surface area contributed by atoms with Crippen LogP contribution in [0.25, 0.3) is 0 Å². The number of carbonyl (C=O) groups is 1. The molecule has 0 atom stereocenters. The summed E-state index contributed by atoms with van der Waals surface area (Å²) in [7, 11) is 0. The molecule has 1 aliphatic heterocycles. The molecule has 1 amide bonds. The van der Waals surface area contributed by atoms with Gasteiger partial charge in [-0.15, -0.1) is 11.3 Å². The predicted molar refractivity (Wildman–Crippen MR) is 76.0 cm³/mol. The van der Waals surface area contributed by atoms with Crippen LogP contribution in [0.15, 0.2) is 0 Å². The molecule has 106 valence electrons. The number of nitrogens with zero attached hydrogens (tertiary/aromatic N) is 1. The summed E-state index contributed by atoms with van der Waals surface area (Å²) >= 11 is 1.29. The summed E-state index contributed by atoms with van der Waals surface area (Å²) in [6.45, 7) is 6.67. The lowest BCUT2D eigenvalue weighted by Gasteiger charge is -2.28. The Kier molecular flexibility index (Phi) is 4.16. The van der Waals surface area contributed by atoms with E-state index >= 15 is 0 Å². The number of anilines is 2. The van der Waals surface area contributed by atoms with Gasteiger partial charge in [0.25, 0.3) is 5.91 Å². The van der Waals surface area contributed by atoms with Crippen molar-refractivity contribution in [2.45, 2.75) is 20.0 Å². The number of morpholine rings is 1. The Labute approximate surface area is 116 Å². The summed E-state index contributed by atoms with van der Waals surface area (Å²) in [6.07, 6.45) is -0.0163. The van der Waals surface area contributed by atoms with Gasteiger partial charge in [0.05, 0.1) is 19.3 Å². The van der Waals surface area contributed by atoms with E-state index in [9.17, 15) is 4.79 Å². The third-order valence-electron chi connectivity index (χ3n) is 2.76. The van der Waals surface area contributed by atoms with Crippen molar-refractivity contribution in [2.75, 3.05) is 36.9 Å². The molecule has 2 rings (SSSR count). The Morgan fingerprint density at radius 1 is 1.42 bits per heavy atom. The lowest BCUT2D eigenvalue weighted by Crippen LogP contribution is -2.36. The quantitative estimate of drug-likeness (QED) is 0.863. The molecule has 1 saturated heterocycles. The molecule has 0 unspecified atom stereocenters. The third-order valence-corrected chi connectivity index (χ3v) is 4.02. The predicted octanol–water partition coefficient (Wildman–Crippen LogP) is 1.05. The van der Waals surface area contributed by atoms with Crippen LogP contribution in [0.1, 0.15) is 23.5 Å². The summed E-state index contributed by atoms with van der Waals surface area (Å²) in [5.41, 5.74) is 11.7. The monoisotopic (exact) mass is 285 g/mol. The van der Waals surface area contributed by atoms with E-state index in [1.807, 2.05) is 13.8 Å². The number of primary amides is 1. The first-order chi connectivity index (χ1) is 9.00. The molecule has 7 heteroatoms. The van der Waals surface area contributed by atoms with Crippen molar-refractivity contribution < 1.29 is 14.3 Å². The fourth-order valence-electron chi connectivity index (χ4n) is 1.92. The number of rotatable bonds is 4. The summed E-state index contributed by atoms with van der Waals surface area (Å²) in [6, 6.07) is 0. The number of carbonyl (C=O) groups excluding carboxylic acids is 1. The molecule has 4 N–H and O–H groups in total. The molecule has 1 aromatic heterocycles. The SMILES string of the molecule is CC(C)Oc1c(N2CCOCC2)sc(C(N)=O)c1N. The Morgan fingerprint density at radius 3 is 2.58 bits per heavy atom. The number of hydrogen-bond acceptors (Lipinski definition) is 6. The second-order valence-corrected chi connectivity index (χ2v) is 5.61. The highest BCUT2D eigenvalue weighted by Gasteiger charge is 2.26. The maximum absolute atomic E-state index is 11.4. The Morgan fingerprint density at radius 2 is 2.05 bits per heavy atom. The van der Waals surface area contributed by atoms with Crippen LogP contribution in [0.3, 0.4) is 0 Å². The summed E-state index contributed by atoms with van der Waals surface area (Å²) in [5, 5.41) is 0.864. The van der Waals surface area contributed by atoms with Gasteiger partial charge in [0, 0.05) is 13.1 Å². The Balaban J connectivity index is 2.38. The average molecular weight is 285 g/mol. The van der Waals surface area contributed by atoms with E-state index in [2.05, 4.69) is 4.90 Å². The van der Waals surface area contributed by atoms with Crippen LogP contribution in [-0.4, -0.2) is 38.3 Å². The van der Waals surface area contributed by atoms with Crippen LogP contribution in [0.4, 0.5) is 10.7 Å². The van der Waals surface area contributed by atoms with Gasteiger partial charge in [0.2, 0.25) is 0 Å². The second-order valence-electron chi connectivity index (χ2n) is 4.61. The summed E-state index contributed by atoms with van der Waals surface area (Å²) < 4.78 is 11.1. The number of thiophene rings is 1. The first kappa shape index (κ1) is 14.0. The summed E-state index contributed by atoms with van der Waals surface area (Å²) in [5.74, 6) is 0.0475. The van der Waals surface area contributed by atoms with Crippen LogP contribution < -0.4 is 21.1 Å². The van der Waals surface area contributed by atoms with Gasteiger partial charge in [-0.25, -0.2) is 0 Å². The molecule has 6 nitrogen and oxygen atoms in total. The van der Waals surface area contributed by atoms with Gasteiger partial charge in [0.1, 0.15) is 15.6 Å². The molecule has 0 radical (unpaired) electrons. The lowest BCUT2D eigenvalue weighted by molar-refractivity contribution is 0.100. The summed E-state index contributed by atoms with van der Waals surface area (Å²) in [4.78, 5) is 13.9. The molecule has 0 spiro atoms. The van der Waals surface area contributed by atoms with Crippen LogP contribution in [-0.2, 0) is 4.74 Å². The molecular weight excluding hydrogens is 266 g/mol. The van der Waals surface area contributed by atoms with Crippen molar-refractivity contribution in [1.29, 1.82) is 0 Å². The van der Waals surface area contributed by atoms with Crippen molar-refractivity contribution >= 4 is 27.9 Å². The van der Waals surface area contributed by atoms with Crippen molar-refractivity contribution in [3.63, 3.8) is 0 Å². The van der Waals surface area contributed by atoms with Gasteiger partial charge >= 0.3 is 0 Å². The molecule has 1 fully saturated rings. The average Bonchev–Trinajstić information content (AvgIpc) is 2.68. The van der Waals surface area contributed by atoms with E-state index in [0.717, 1.165) is 18.1 Å². The van der Waals surface area contributed by atoms with Crippen LogP contribution in [0.5, 0.6) is 5.75 Å². The van der Waals surface area contributed by atoms with Crippen LogP contribution >= 0.6 is 11.3 Å². The maximum atomic E-state index is 11.4. The Hall–Kier alpha value is -1.47. The standard InChI is InChI=1S/C12H19N3O3S/c1-7(2)18-9-8(13)10(11(14)16)19-12(9)15-3-5-17-6-4-15/h7H,3-6,13H2,1-2H3,(H2,14,16). The fourth-order valence-corrected chi connectivity index (χ4v) is 2.98. The molecule has 0 saturated carbocycles. The van der Waals surface area contributed by atoms with Gasteiger partial charge in [-0.2, -0.15) is 0 Å². The zero-order valence-electron chi connectivity index (χ0n) is 11.1. The van der Waals surface area contributed by atoms with E-state index in [1.54, 1.807) is 0 Å². The van der Waals surface area contributed by atoms with E-state index in [-0.39, 0.29) is 6.10 Å². The molecule has 2 heterocycles. The minimum Gasteiger partial charge on any atom is -0.486 e. The lowest BCUT2D eigenvalue weighted by atomic mass is 10.3. The number of amides is 1.